The number of hydrogen-bond acceptors (Lipinski definition) is 6. The molecule has 2 aliphatic heterocycles. The number of carboxylic acid groups (broad SMARTS) is 1. The van der Waals surface area contributed by atoms with Crippen LogP contribution in [0.15, 0.2) is 18.6 Å². The van der Waals surface area contributed by atoms with E-state index in [1.54, 1.807) is 18.6 Å². The predicted molar refractivity (Wildman–Crippen MR) is 109 cm³/mol. The van der Waals surface area contributed by atoms with E-state index in [9.17, 15) is 9.90 Å². The van der Waals surface area contributed by atoms with Crippen molar-refractivity contribution >= 4 is 12.4 Å². The van der Waals surface area contributed by atoms with E-state index in [1.807, 2.05) is 4.90 Å². The zero-order valence-electron chi connectivity index (χ0n) is 17.8. The number of aromatic nitrogens is 2. The highest BCUT2D eigenvalue weighted by Crippen LogP contribution is 2.35. The molecule has 2 saturated heterocycles. The summed E-state index contributed by atoms with van der Waals surface area (Å²) in [4.78, 5) is 31.4. The van der Waals surface area contributed by atoms with Crippen molar-refractivity contribution in [1.82, 2.24) is 20.2 Å². The van der Waals surface area contributed by atoms with Crippen molar-refractivity contribution in [2.24, 2.45) is 11.8 Å². The summed E-state index contributed by atoms with van der Waals surface area (Å²) < 4.78 is 0. The van der Waals surface area contributed by atoms with E-state index in [2.05, 4.69) is 43.0 Å². The Balaban J connectivity index is 0.000000941. The van der Waals surface area contributed by atoms with Gasteiger partial charge in [0.05, 0.1) is 11.8 Å². The van der Waals surface area contributed by atoms with Crippen LogP contribution in [0.5, 0.6) is 0 Å². The maximum atomic E-state index is 12.8. The van der Waals surface area contributed by atoms with E-state index in [1.165, 1.54) is 0 Å². The van der Waals surface area contributed by atoms with Crippen LogP contribution in [0.3, 0.4) is 0 Å². The number of nitrogens with one attached hydrogen (secondary N) is 1. The average Bonchev–Trinajstić information content (AvgIpc) is 2.94. The van der Waals surface area contributed by atoms with E-state index in [4.69, 9.17) is 9.90 Å². The van der Waals surface area contributed by atoms with E-state index < -0.39 is 6.10 Å². The maximum absolute atomic E-state index is 12.8. The highest BCUT2D eigenvalue weighted by Gasteiger charge is 2.40. The van der Waals surface area contributed by atoms with E-state index >= 15 is 0 Å². The van der Waals surface area contributed by atoms with Crippen LogP contribution in [0.4, 0.5) is 0 Å². The highest BCUT2D eigenvalue weighted by atomic mass is 16.3. The fourth-order valence-corrected chi connectivity index (χ4v) is 5.02. The van der Waals surface area contributed by atoms with Crippen molar-refractivity contribution < 1.29 is 19.8 Å². The van der Waals surface area contributed by atoms with Crippen LogP contribution in [-0.2, 0) is 16.0 Å². The fourth-order valence-electron chi connectivity index (χ4n) is 5.02. The summed E-state index contributed by atoms with van der Waals surface area (Å²) in [7, 11) is 0. The molecule has 8 nitrogen and oxygen atoms in total. The number of hydrogen-bond donors (Lipinski definition) is 3. The highest BCUT2D eigenvalue weighted by molar-refractivity contribution is 5.77. The minimum absolute atomic E-state index is 0.0385. The van der Waals surface area contributed by atoms with Crippen molar-refractivity contribution in [3.63, 3.8) is 0 Å². The summed E-state index contributed by atoms with van der Waals surface area (Å²) in [5.74, 6) is 0.589. The Morgan fingerprint density at radius 1 is 1.24 bits per heavy atom. The van der Waals surface area contributed by atoms with Gasteiger partial charge in [0.15, 0.2) is 0 Å². The smallest absolute Gasteiger partial charge is 0.290 e. The Morgan fingerprint density at radius 3 is 2.41 bits per heavy atom. The van der Waals surface area contributed by atoms with E-state index in [0.717, 1.165) is 18.5 Å². The molecule has 8 heteroatoms. The topological polar surface area (TPSA) is 116 Å². The molecule has 0 unspecified atom stereocenters. The van der Waals surface area contributed by atoms with Gasteiger partial charge in [-0.2, -0.15) is 0 Å². The van der Waals surface area contributed by atoms with Gasteiger partial charge < -0.3 is 20.4 Å². The number of amides is 1. The second-order valence-corrected chi connectivity index (χ2v) is 9.50. The van der Waals surface area contributed by atoms with Crippen LogP contribution >= 0.6 is 0 Å². The third kappa shape index (κ3) is 7.04. The van der Waals surface area contributed by atoms with Crippen LogP contribution in [0.2, 0.25) is 0 Å². The van der Waals surface area contributed by atoms with Gasteiger partial charge in [0.2, 0.25) is 5.91 Å². The van der Waals surface area contributed by atoms with Crippen LogP contribution in [0, 0.1) is 11.8 Å². The van der Waals surface area contributed by atoms with Gasteiger partial charge in [0.1, 0.15) is 0 Å². The van der Waals surface area contributed by atoms with Gasteiger partial charge in [0, 0.05) is 55.1 Å². The monoisotopic (exact) mass is 406 g/mol. The standard InChI is InChI=1S/C20H32N4O2.CH2O2/c1-19(2)9-14(10-20(3,4)23-19)7-18(26)24-12-15(17(25)13-24)8-16-11-21-5-6-22-16;2-1-3/h5-6,11,14-15,17,23,25H,7-10,12-13H2,1-4H3;1H,(H,2,3)/t15-,17-;/m1./s1. The number of piperidine rings is 1. The first-order chi connectivity index (χ1) is 13.5. The molecule has 3 N–H and O–H groups in total. The van der Waals surface area contributed by atoms with Gasteiger partial charge in [-0.25, -0.2) is 0 Å². The van der Waals surface area contributed by atoms with Crippen LogP contribution in [0.25, 0.3) is 0 Å². The third-order valence-corrected chi connectivity index (χ3v) is 5.59. The molecule has 29 heavy (non-hydrogen) atoms. The first-order valence-corrected chi connectivity index (χ1v) is 10.1. The van der Waals surface area contributed by atoms with Gasteiger partial charge in [-0.3, -0.25) is 19.6 Å². The molecule has 3 heterocycles. The van der Waals surface area contributed by atoms with Crippen LogP contribution in [0.1, 0.15) is 52.7 Å². The molecule has 0 aliphatic carbocycles. The molecule has 1 amide bonds. The molecule has 1 aromatic rings. The lowest BCUT2D eigenvalue weighted by atomic mass is 9.74. The van der Waals surface area contributed by atoms with Crippen molar-refractivity contribution in [3.8, 4) is 0 Å². The number of rotatable bonds is 4. The molecule has 2 fully saturated rings. The molecule has 0 bridgehead atoms. The molecular formula is C21H34N4O4. The van der Waals surface area contributed by atoms with Crippen molar-refractivity contribution in [3.05, 3.63) is 24.3 Å². The minimum Gasteiger partial charge on any atom is -0.483 e. The zero-order valence-corrected chi connectivity index (χ0v) is 17.8. The molecule has 1 aromatic heterocycles. The molecule has 2 atom stereocenters. The predicted octanol–water partition coefficient (Wildman–Crippen LogP) is 1.49. The summed E-state index contributed by atoms with van der Waals surface area (Å²) in [6.07, 6.45) is 7.79. The van der Waals surface area contributed by atoms with E-state index in [-0.39, 0.29) is 29.4 Å². The molecule has 0 radical (unpaired) electrons. The molecule has 0 spiro atoms. The summed E-state index contributed by atoms with van der Waals surface area (Å²) in [5, 5.41) is 20.9. The number of likely N-dealkylation sites (tertiary alicyclic amines) is 1. The first-order valence-electron chi connectivity index (χ1n) is 10.1. The van der Waals surface area contributed by atoms with Gasteiger partial charge in [-0.15, -0.1) is 0 Å². The lowest BCUT2D eigenvalue weighted by Gasteiger charge is -2.46. The third-order valence-electron chi connectivity index (χ3n) is 5.59. The summed E-state index contributed by atoms with van der Waals surface area (Å²) in [5.41, 5.74) is 0.963. The number of aliphatic hydroxyl groups excluding tert-OH is 1. The van der Waals surface area contributed by atoms with Gasteiger partial charge >= 0.3 is 0 Å². The molecule has 2 aliphatic rings. The largest absolute Gasteiger partial charge is 0.483 e. The van der Waals surface area contributed by atoms with Gasteiger partial charge in [-0.1, -0.05) is 0 Å². The SMILES string of the molecule is CC1(C)CC(CC(=O)N2C[C@@H](Cc3cnccn3)[C@H](O)C2)CC(C)(C)N1.O=CO. The Labute approximate surface area is 172 Å². The average molecular weight is 407 g/mol. The number of carbonyl (C=O) groups excluding carboxylic acids is 1. The second kappa shape index (κ2) is 9.63. The number of carbonyl (C=O) groups is 2. The van der Waals surface area contributed by atoms with Crippen molar-refractivity contribution in [2.45, 2.75) is 70.6 Å². The Morgan fingerprint density at radius 2 is 1.86 bits per heavy atom. The second-order valence-electron chi connectivity index (χ2n) is 9.50. The number of aliphatic hydroxyl groups is 1. The maximum Gasteiger partial charge on any atom is 0.290 e. The fraction of sp³-hybridized carbons (Fsp3) is 0.714. The lowest BCUT2D eigenvalue weighted by molar-refractivity contribution is -0.132. The molecule has 162 valence electrons. The van der Waals surface area contributed by atoms with Crippen molar-refractivity contribution in [1.29, 1.82) is 0 Å². The van der Waals surface area contributed by atoms with Crippen molar-refractivity contribution in [2.75, 3.05) is 13.1 Å². The van der Waals surface area contributed by atoms with E-state index in [0.29, 0.717) is 31.8 Å². The number of β-amino-alcohol motifs (C(OH)–C–C–N with tert-alkyl or cyclic N) is 1. The van der Waals surface area contributed by atoms with Crippen LogP contribution < -0.4 is 5.32 Å². The number of nitrogens with zero attached hydrogens (tertiary/aromatic N) is 3. The van der Waals surface area contributed by atoms with Crippen LogP contribution in [-0.4, -0.2) is 67.7 Å². The van der Waals surface area contributed by atoms with Gasteiger partial charge in [-0.05, 0) is 52.9 Å². The van der Waals surface area contributed by atoms with Gasteiger partial charge in [0.25, 0.3) is 6.47 Å². The quantitative estimate of drug-likeness (QED) is 0.649. The molecule has 3 rings (SSSR count). The molecule has 0 aromatic carbocycles. The summed E-state index contributed by atoms with van der Waals surface area (Å²) >= 11 is 0. The Bertz CT molecular complexity index is 665. The Kier molecular flexibility index (Phi) is 7.71. The molecule has 0 saturated carbocycles. The lowest BCUT2D eigenvalue weighted by Crippen LogP contribution is -2.58. The Hall–Kier alpha value is -2.06. The normalized spacial score (nSPS) is 25.8. The first kappa shape index (κ1) is 23.2. The summed E-state index contributed by atoms with van der Waals surface area (Å²) in [6, 6.07) is 0. The minimum atomic E-state index is -0.484. The summed E-state index contributed by atoms with van der Waals surface area (Å²) in [6.45, 7) is 9.63. The zero-order chi connectivity index (χ0) is 21.7. The molecular weight excluding hydrogens is 372 g/mol.